The number of ether oxygens (including phenoxy) is 1. The number of carbonyl (C=O) groups is 2. The Kier molecular flexibility index (Phi) is 5.50. The van der Waals surface area contributed by atoms with Crippen molar-refractivity contribution in [2.75, 3.05) is 45.6 Å². The number of hydrogen-bond donors (Lipinski definition) is 1. The molecule has 3 heterocycles. The molecule has 0 aromatic carbocycles. The molecule has 0 saturated carbocycles. The molecule has 144 valence electrons. The predicted molar refractivity (Wildman–Crippen MR) is 97.3 cm³/mol. The molecule has 8 heteroatoms. The summed E-state index contributed by atoms with van der Waals surface area (Å²) in [6.07, 6.45) is 3.42. The zero-order valence-electron chi connectivity index (χ0n) is 15.7. The van der Waals surface area contributed by atoms with Gasteiger partial charge in [0, 0.05) is 51.2 Å². The number of piperidine rings is 2. The zero-order valence-corrected chi connectivity index (χ0v) is 15.7. The largest absolute Gasteiger partial charge is 0.384 e. The van der Waals surface area contributed by atoms with Crippen LogP contribution in [0.4, 0.5) is 5.82 Å². The molecule has 1 spiro atoms. The van der Waals surface area contributed by atoms with Crippen molar-refractivity contribution in [1.82, 2.24) is 19.6 Å². The number of anilines is 1. The number of hydrogen-bond acceptors (Lipinski definition) is 5. The van der Waals surface area contributed by atoms with E-state index in [4.69, 9.17) is 10.5 Å². The highest BCUT2D eigenvalue weighted by molar-refractivity contribution is 5.78. The summed E-state index contributed by atoms with van der Waals surface area (Å²) in [5.41, 5.74) is 6.72. The monoisotopic (exact) mass is 363 g/mol. The fourth-order valence-electron chi connectivity index (χ4n) is 4.18. The first-order valence-corrected chi connectivity index (χ1v) is 9.27. The zero-order chi connectivity index (χ0) is 18.7. The Morgan fingerprint density at radius 3 is 2.88 bits per heavy atom. The molecule has 2 aliphatic heterocycles. The Bertz CT molecular complexity index is 674. The second kappa shape index (κ2) is 7.65. The summed E-state index contributed by atoms with van der Waals surface area (Å²) in [5, 5.41) is 4.28. The van der Waals surface area contributed by atoms with Gasteiger partial charge in [-0.15, -0.1) is 0 Å². The smallest absolute Gasteiger partial charge is 0.244 e. The lowest BCUT2D eigenvalue weighted by atomic mass is 9.73. The van der Waals surface area contributed by atoms with Crippen molar-refractivity contribution in [2.45, 2.75) is 39.2 Å². The summed E-state index contributed by atoms with van der Waals surface area (Å²) in [6, 6.07) is 1.77. The predicted octanol–water partition coefficient (Wildman–Crippen LogP) is 0.651. The van der Waals surface area contributed by atoms with E-state index in [9.17, 15) is 9.59 Å². The maximum absolute atomic E-state index is 12.8. The third-order valence-corrected chi connectivity index (χ3v) is 5.55. The number of carbonyl (C=O) groups excluding carboxylic acids is 2. The van der Waals surface area contributed by atoms with Gasteiger partial charge in [-0.25, -0.2) is 4.68 Å². The van der Waals surface area contributed by atoms with E-state index in [-0.39, 0.29) is 23.8 Å². The molecule has 2 fully saturated rings. The SMILES string of the molecule is COCCN1C[C@@]2(CCCN(C(=O)Cn3nc(C)cc3N)C2)CCC1=O. The lowest BCUT2D eigenvalue weighted by molar-refractivity contribution is -0.144. The lowest BCUT2D eigenvalue weighted by Gasteiger charge is -2.48. The first-order valence-electron chi connectivity index (χ1n) is 9.27. The summed E-state index contributed by atoms with van der Waals surface area (Å²) < 4.78 is 6.69. The molecule has 3 rings (SSSR count). The number of rotatable bonds is 5. The fraction of sp³-hybridized carbons (Fsp3) is 0.722. The van der Waals surface area contributed by atoms with Crippen LogP contribution in [0, 0.1) is 12.3 Å². The van der Waals surface area contributed by atoms with Gasteiger partial charge < -0.3 is 20.3 Å². The molecule has 0 aliphatic carbocycles. The van der Waals surface area contributed by atoms with Crippen LogP contribution < -0.4 is 5.73 Å². The van der Waals surface area contributed by atoms with Crippen molar-refractivity contribution in [3.05, 3.63) is 11.8 Å². The van der Waals surface area contributed by atoms with Crippen LogP contribution in [0.5, 0.6) is 0 Å². The van der Waals surface area contributed by atoms with E-state index < -0.39 is 0 Å². The van der Waals surface area contributed by atoms with Gasteiger partial charge >= 0.3 is 0 Å². The van der Waals surface area contributed by atoms with Crippen molar-refractivity contribution in [1.29, 1.82) is 0 Å². The van der Waals surface area contributed by atoms with Crippen LogP contribution in [0.1, 0.15) is 31.4 Å². The van der Waals surface area contributed by atoms with E-state index in [2.05, 4.69) is 5.10 Å². The van der Waals surface area contributed by atoms with Crippen LogP contribution in [-0.2, 0) is 20.9 Å². The fourth-order valence-corrected chi connectivity index (χ4v) is 4.18. The third kappa shape index (κ3) is 4.00. The van der Waals surface area contributed by atoms with E-state index in [0.717, 1.165) is 31.5 Å². The van der Waals surface area contributed by atoms with E-state index in [0.29, 0.717) is 38.5 Å². The molecule has 8 nitrogen and oxygen atoms in total. The Hall–Kier alpha value is -2.09. The first-order chi connectivity index (χ1) is 12.4. The van der Waals surface area contributed by atoms with Crippen molar-refractivity contribution in [3.8, 4) is 0 Å². The van der Waals surface area contributed by atoms with Gasteiger partial charge in [-0.1, -0.05) is 0 Å². The highest BCUT2D eigenvalue weighted by atomic mass is 16.5. The van der Waals surface area contributed by atoms with E-state index in [1.54, 1.807) is 17.9 Å². The molecule has 0 radical (unpaired) electrons. The number of aromatic nitrogens is 2. The van der Waals surface area contributed by atoms with Crippen LogP contribution in [0.2, 0.25) is 0 Å². The van der Waals surface area contributed by atoms with E-state index in [1.807, 2.05) is 16.7 Å². The third-order valence-electron chi connectivity index (χ3n) is 5.55. The van der Waals surface area contributed by atoms with Gasteiger partial charge in [-0.05, 0) is 26.2 Å². The van der Waals surface area contributed by atoms with Crippen molar-refractivity contribution >= 4 is 17.6 Å². The number of nitrogens with zero attached hydrogens (tertiary/aromatic N) is 4. The minimum absolute atomic E-state index is 0.00113. The van der Waals surface area contributed by atoms with Gasteiger partial charge in [0.2, 0.25) is 11.8 Å². The Labute approximate surface area is 154 Å². The van der Waals surface area contributed by atoms with Crippen LogP contribution in [-0.4, -0.2) is 71.3 Å². The van der Waals surface area contributed by atoms with Crippen LogP contribution in [0.3, 0.4) is 0 Å². The molecule has 26 heavy (non-hydrogen) atoms. The topological polar surface area (TPSA) is 93.7 Å². The maximum atomic E-state index is 12.8. The number of methoxy groups -OCH3 is 1. The van der Waals surface area contributed by atoms with Gasteiger partial charge in [-0.3, -0.25) is 9.59 Å². The molecule has 2 amide bonds. The Morgan fingerprint density at radius 2 is 2.19 bits per heavy atom. The summed E-state index contributed by atoms with van der Waals surface area (Å²) >= 11 is 0. The molecule has 0 unspecified atom stereocenters. The average Bonchev–Trinajstić information content (AvgIpc) is 2.93. The average molecular weight is 363 g/mol. The van der Waals surface area contributed by atoms with Crippen LogP contribution >= 0.6 is 0 Å². The van der Waals surface area contributed by atoms with Gasteiger partial charge in [0.25, 0.3) is 0 Å². The van der Waals surface area contributed by atoms with Crippen LogP contribution in [0.25, 0.3) is 0 Å². The first kappa shape index (κ1) is 18.7. The Balaban J connectivity index is 1.65. The molecular formula is C18H29N5O3. The summed E-state index contributed by atoms with van der Waals surface area (Å²) in [6.45, 7) is 5.36. The molecule has 0 bridgehead atoms. The van der Waals surface area contributed by atoms with Crippen molar-refractivity contribution in [3.63, 3.8) is 0 Å². The Morgan fingerprint density at radius 1 is 1.38 bits per heavy atom. The normalized spacial score (nSPS) is 23.7. The van der Waals surface area contributed by atoms with Gasteiger partial charge in [-0.2, -0.15) is 5.10 Å². The van der Waals surface area contributed by atoms with Crippen LogP contribution in [0.15, 0.2) is 6.07 Å². The highest BCUT2D eigenvalue weighted by Crippen LogP contribution is 2.38. The van der Waals surface area contributed by atoms with Gasteiger partial charge in [0.05, 0.1) is 12.3 Å². The summed E-state index contributed by atoms with van der Waals surface area (Å²) in [5.74, 6) is 0.742. The number of amides is 2. The van der Waals surface area contributed by atoms with E-state index >= 15 is 0 Å². The molecule has 2 aliphatic rings. The van der Waals surface area contributed by atoms with Crippen molar-refractivity contribution < 1.29 is 14.3 Å². The number of nitrogens with two attached hydrogens (primary N) is 1. The summed E-state index contributed by atoms with van der Waals surface area (Å²) in [4.78, 5) is 28.8. The van der Waals surface area contributed by atoms with Gasteiger partial charge in [0.1, 0.15) is 12.4 Å². The van der Waals surface area contributed by atoms with Gasteiger partial charge in [0.15, 0.2) is 0 Å². The standard InChI is InChI=1S/C18H29N5O3/c1-14-10-15(19)23(20-14)11-17(25)21-7-3-5-18(12-21)6-4-16(24)22(13-18)8-9-26-2/h10H,3-9,11-13,19H2,1-2H3/t18-/m0/s1. The summed E-state index contributed by atoms with van der Waals surface area (Å²) in [7, 11) is 1.65. The minimum atomic E-state index is 0.00113. The van der Waals surface area contributed by atoms with Crippen molar-refractivity contribution in [2.24, 2.45) is 5.41 Å². The number of nitrogen functional groups attached to an aromatic ring is 1. The number of likely N-dealkylation sites (tertiary alicyclic amines) is 2. The minimum Gasteiger partial charge on any atom is -0.384 e. The van der Waals surface area contributed by atoms with E-state index in [1.165, 1.54) is 0 Å². The molecule has 1 atom stereocenters. The molecular weight excluding hydrogens is 334 g/mol. The second-order valence-corrected chi connectivity index (χ2v) is 7.60. The molecule has 1 aromatic rings. The highest BCUT2D eigenvalue weighted by Gasteiger charge is 2.42. The molecule has 2 N–H and O–H groups in total. The second-order valence-electron chi connectivity index (χ2n) is 7.60. The lowest BCUT2D eigenvalue weighted by Crippen LogP contribution is -2.55. The maximum Gasteiger partial charge on any atom is 0.244 e. The molecule has 1 aromatic heterocycles. The number of aryl methyl sites for hydroxylation is 1. The quantitative estimate of drug-likeness (QED) is 0.829. The molecule has 2 saturated heterocycles.